The second-order valence-corrected chi connectivity index (χ2v) is 9.75. The molecule has 0 unspecified atom stereocenters. The molecule has 0 aromatic carbocycles. The number of nitrogens with zero attached hydrogens (tertiary/aromatic N) is 2. The molecule has 0 fully saturated rings. The normalized spacial score (nSPS) is 26.1. The average Bonchev–Trinajstić information content (AvgIpc) is 3.36. The molecule has 3 aliphatic rings. The van der Waals surface area contributed by atoms with Gasteiger partial charge in [-0.3, -0.25) is 9.98 Å². The third-order valence-corrected chi connectivity index (χ3v) is 6.11. The van der Waals surface area contributed by atoms with E-state index in [1.807, 2.05) is 0 Å². The van der Waals surface area contributed by atoms with Crippen LogP contribution in [0.15, 0.2) is 51.7 Å². The predicted molar refractivity (Wildman–Crippen MR) is 121 cm³/mol. The van der Waals surface area contributed by atoms with E-state index in [1.165, 1.54) is 11.4 Å². The Morgan fingerprint density at radius 3 is 2.41 bits per heavy atom. The van der Waals surface area contributed by atoms with Gasteiger partial charge in [0.25, 0.3) is 0 Å². The largest absolute Gasteiger partial charge is 0.359 e. The van der Waals surface area contributed by atoms with E-state index >= 15 is 0 Å². The Morgan fingerprint density at radius 1 is 0.793 bits per heavy atom. The van der Waals surface area contributed by atoms with Gasteiger partial charge in [0, 0.05) is 75.0 Å². The summed E-state index contributed by atoms with van der Waals surface area (Å²) in [6.07, 6.45) is 11.6. The van der Waals surface area contributed by atoms with Crippen LogP contribution in [-0.2, 0) is 6.42 Å². The summed E-state index contributed by atoms with van der Waals surface area (Å²) >= 11 is 0. The minimum Gasteiger partial charge on any atom is -0.359 e. The van der Waals surface area contributed by atoms with Crippen LogP contribution in [0.4, 0.5) is 0 Å². The molecule has 5 rings (SSSR count). The Bertz CT molecular complexity index is 1220. The second-order valence-electron chi connectivity index (χ2n) is 9.75. The van der Waals surface area contributed by atoms with Crippen molar-refractivity contribution in [2.45, 2.75) is 47.0 Å². The van der Waals surface area contributed by atoms with Gasteiger partial charge in [-0.2, -0.15) is 0 Å². The number of nitrogens with one attached hydrogen (secondary N) is 2. The summed E-state index contributed by atoms with van der Waals surface area (Å²) in [6, 6.07) is 8.57. The Morgan fingerprint density at radius 2 is 1.59 bits per heavy atom. The van der Waals surface area contributed by atoms with E-state index in [9.17, 15) is 0 Å². The minimum absolute atomic E-state index is 0.0267. The zero-order valence-corrected chi connectivity index (χ0v) is 17.6. The summed E-state index contributed by atoms with van der Waals surface area (Å²) in [5.74, 6) is 0. The maximum absolute atomic E-state index is 4.95. The van der Waals surface area contributed by atoms with Crippen LogP contribution in [0.3, 0.4) is 0 Å². The van der Waals surface area contributed by atoms with Crippen LogP contribution in [0.5, 0.6) is 0 Å². The van der Waals surface area contributed by atoms with Crippen molar-refractivity contribution in [1.29, 1.82) is 0 Å². The molecule has 5 heterocycles. The summed E-state index contributed by atoms with van der Waals surface area (Å²) in [7, 11) is 0. The summed E-state index contributed by atoms with van der Waals surface area (Å²) in [5, 5.41) is 2.18. The summed E-state index contributed by atoms with van der Waals surface area (Å²) < 4.78 is 0. The van der Waals surface area contributed by atoms with Crippen LogP contribution in [0, 0.1) is 10.8 Å². The smallest absolute Gasteiger partial charge is 0.0487 e. The second kappa shape index (κ2) is 6.31. The molecule has 29 heavy (non-hydrogen) atoms. The van der Waals surface area contributed by atoms with E-state index in [1.54, 1.807) is 0 Å². The third kappa shape index (κ3) is 3.48. The van der Waals surface area contributed by atoms with Gasteiger partial charge in [-0.25, -0.2) is 0 Å². The molecule has 148 valence electrons. The Balaban J connectivity index is 1.67. The fourth-order valence-electron chi connectivity index (χ4n) is 4.47. The van der Waals surface area contributed by atoms with Gasteiger partial charge in [-0.05, 0) is 42.5 Å². The fraction of sp³-hybridized carbons (Fsp3) is 0.360. The molecule has 4 nitrogen and oxygen atoms in total. The van der Waals surface area contributed by atoms with Crippen LogP contribution >= 0.6 is 0 Å². The number of aliphatic imine (C=N–C) groups is 2. The van der Waals surface area contributed by atoms with Gasteiger partial charge < -0.3 is 9.97 Å². The van der Waals surface area contributed by atoms with Crippen molar-refractivity contribution in [3.05, 3.63) is 63.8 Å². The Kier molecular flexibility index (Phi) is 3.95. The molecule has 2 aromatic rings. The number of aromatic nitrogens is 2. The van der Waals surface area contributed by atoms with E-state index in [4.69, 9.17) is 9.98 Å². The fourth-order valence-corrected chi connectivity index (χ4v) is 4.47. The molecule has 3 aliphatic heterocycles. The summed E-state index contributed by atoms with van der Waals surface area (Å²) in [4.78, 5) is 17.0. The van der Waals surface area contributed by atoms with Crippen LogP contribution in [0.25, 0.3) is 18.2 Å². The lowest BCUT2D eigenvalue weighted by atomic mass is 9.85. The lowest BCUT2D eigenvalue weighted by Gasteiger charge is -2.17. The van der Waals surface area contributed by atoms with E-state index in [0.29, 0.717) is 0 Å². The standard InChI is InChI=1S/C25H28N4/c1-24(2)14-20-12-18-7-8-19(27-18)13-23-25(3,4)15-21(29-23)11-17-6-5-16(26-17)9-10-22(24)28-20/h5-8,10-13,26-27H,9,14-15H2,1-4H3/b18-12-,19-13-,21-11?,22-10-. The molecule has 2 aromatic heterocycles. The summed E-state index contributed by atoms with van der Waals surface area (Å²) in [5.41, 5.74) is 6.97. The molecular weight excluding hydrogens is 356 g/mol. The van der Waals surface area contributed by atoms with Crippen molar-refractivity contribution in [1.82, 2.24) is 9.97 Å². The van der Waals surface area contributed by atoms with E-state index in [0.717, 1.165) is 52.8 Å². The van der Waals surface area contributed by atoms with E-state index in [2.05, 4.69) is 86.2 Å². The average molecular weight is 385 g/mol. The number of hydrogen-bond donors (Lipinski definition) is 2. The molecule has 8 bridgehead atoms. The van der Waals surface area contributed by atoms with Crippen molar-refractivity contribution in [2.24, 2.45) is 20.8 Å². The van der Waals surface area contributed by atoms with Crippen molar-refractivity contribution < 1.29 is 0 Å². The van der Waals surface area contributed by atoms with E-state index < -0.39 is 0 Å². The molecule has 0 spiro atoms. The molecule has 0 aliphatic carbocycles. The molecule has 0 amide bonds. The van der Waals surface area contributed by atoms with Gasteiger partial charge in [0.1, 0.15) is 0 Å². The van der Waals surface area contributed by atoms with Crippen LogP contribution < -0.4 is 10.7 Å². The first-order valence-electron chi connectivity index (χ1n) is 10.4. The Hall–Kier alpha value is -2.88. The zero-order chi connectivity index (χ0) is 20.2. The molecule has 2 N–H and O–H groups in total. The van der Waals surface area contributed by atoms with Crippen molar-refractivity contribution >= 4 is 29.7 Å². The number of allylic oxidation sites excluding steroid dienone is 3. The van der Waals surface area contributed by atoms with Gasteiger partial charge in [0.15, 0.2) is 0 Å². The SMILES string of the molecule is CC1(C)CC2=Cc3ccc([nH]3)C/C=C3N=C(/C=c4/cc/c([nH]4)=C/C1=N2)CC\3(C)C. The van der Waals surface area contributed by atoms with Crippen LogP contribution in [0.1, 0.15) is 51.9 Å². The summed E-state index contributed by atoms with van der Waals surface area (Å²) in [6.45, 7) is 9.08. The first-order chi connectivity index (χ1) is 13.8. The first kappa shape index (κ1) is 18.2. The highest BCUT2D eigenvalue weighted by molar-refractivity contribution is 6.15. The monoisotopic (exact) mass is 384 g/mol. The highest BCUT2D eigenvalue weighted by Crippen LogP contribution is 2.38. The molecule has 0 saturated heterocycles. The molecular formula is C25H28N4. The molecule has 0 radical (unpaired) electrons. The number of rotatable bonds is 0. The van der Waals surface area contributed by atoms with Gasteiger partial charge in [-0.1, -0.05) is 33.8 Å². The highest BCUT2D eigenvalue weighted by Gasteiger charge is 2.31. The zero-order valence-electron chi connectivity index (χ0n) is 17.6. The van der Waals surface area contributed by atoms with Crippen molar-refractivity contribution in [2.75, 3.05) is 0 Å². The minimum atomic E-state index is 0.0267. The number of hydrogen-bond acceptors (Lipinski definition) is 2. The Labute approximate surface area is 171 Å². The van der Waals surface area contributed by atoms with Crippen molar-refractivity contribution in [3.63, 3.8) is 0 Å². The molecule has 0 saturated carbocycles. The van der Waals surface area contributed by atoms with Crippen molar-refractivity contribution in [3.8, 4) is 0 Å². The maximum atomic E-state index is 4.95. The highest BCUT2D eigenvalue weighted by atomic mass is 14.9. The number of fused-ring (bicyclic) bond motifs is 6. The first-order valence-corrected chi connectivity index (χ1v) is 10.4. The van der Waals surface area contributed by atoms with Gasteiger partial charge in [0.2, 0.25) is 0 Å². The number of H-pyrrole nitrogens is 2. The third-order valence-electron chi connectivity index (χ3n) is 6.11. The predicted octanol–water partition coefficient (Wildman–Crippen LogP) is 4.13. The van der Waals surface area contributed by atoms with Crippen LogP contribution in [-0.4, -0.2) is 21.4 Å². The van der Waals surface area contributed by atoms with Crippen LogP contribution in [0.2, 0.25) is 0 Å². The number of aromatic amines is 2. The maximum Gasteiger partial charge on any atom is 0.0487 e. The van der Waals surface area contributed by atoms with Gasteiger partial charge in [0.05, 0.1) is 0 Å². The quantitative estimate of drug-likeness (QED) is 0.686. The van der Waals surface area contributed by atoms with E-state index in [-0.39, 0.29) is 10.8 Å². The van der Waals surface area contributed by atoms with Gasteiger partial charge in [-0.15, -0.1) is 0 Å². The lowest BCUT2D eigenvalue weighted by Crippen LogP contribution is -2.21. The lowest BCUT2D eigenvalue weighted by molar-refractivity contribution is 0.483. The molecule has 4 heteroatoms. The topological polar surface area (TPSA) is 56.3 Å². The molecule has 0 atom stereocenters. The van der Waals surface area contributed by atoms with Gasteiger partial charge >= 0.3 is 0 Å².